The summed E-state index contributed by atoms with van der Waals surface area (Å²) in [6.45, 7) is 1.95. The van der Waals surface area contributed by atoms with E-state index in [0.29, 0.717) is 0 Å². The van der Waals surface area contributed by atoms with Crippen LogP contribution in [0, 0.1) is 0 Å². The highest BCUT2D eigenvalue weighted by molar-refractivity contribution is 7.13. The zero-order chi connectivity index (χ0) is 12.3. The monoisotopic (exact) mass is 246 g/mol. The largest absolute Gasteiger partial charge is 0.481 e. The topological polar surface area (TPSA) is 37.3 Å². The second-order valence-electron chi connectivity index (χ2n) is 4.10. The van der Waals surface area contributed by atoms with Gasteiger partial charge in [0.05, 0.1) is 6.42 Å². The summed E-state index contributed by atoms with van der Waals surface area (Å²) in [5, 5.41) is 10.8. The van der Waals surface area contributed by atoms with E-state index >= 15 is 0 Å². The number of thiophene rings is 1. The number of rotatable bonds is 4. The molecule has 0 aliphatic heterocycles. The van der Waals surface area contributed by atoms with Gasteiger partial charge < -0.3 is 5.11 Å². The number of carbonyl (C=O) groups is 1. The van der Waals surface area contributed by atoms with Crippen molar-refractivity contribution in [3.05, 3.63) is 47.3 Å². The first-order valence-corrected chi connectivity index (χ1v) is 6.40. The van der Waals surface area contributed by atoms with Crippen LogP contribution >= 0.6 is 11.3 Å². The van der Waals surface area contributed by atoms with Gasteiger partial charge in [-0.15, -0.1) is 11.3 Å². The Morgan fingerprint density at radius 1 is 1.35 bits per heavy atom. The Kier molecular flexibility index (Phi) is 3.59. The van der Waals surface area contributed by atoms with Crippen LogP contribution in [0.2, 0.25) is 0 Å². The molecule has 0 amide bonds. The lowest BCUT2D eigenvalue weighted by atomic mass is 9.96. The molecule has 1 aromatic carbocycles. The number of carboxylic acids is 1. The molecule has 0 saturated carbocycles. The number of hydrogen-bond acceptors (Lipinski definition) is 2. The van der Waals surface area contributed by atoms with Crippen molar-refractivity contribution in [2.75, 3.05) is 0 Å². The van der Waals surface area contributed by atoms with Crippen LogP contribution in [0.25, 0.3) is 10.4 Å². The maximum atomic E-state index is 10.7. The summed E-state index contributed by atoms with van der Waals surface area (Å²) in [6, 6.07) is 12.2. The van der Waals surface area contributed by atoms with Crippen molar-refractivity contribution in [1.82, 2.24) is 0 Å². The van der Waals surface area contributed by atoms with Gasteiger partial charge in [0.15, 0.2) is 0 Å². The average Bonchev–Trinajstić information content (AvgIpc) is 2.82. The Balaban J connectivity index is 2.25. The van der Waals surface area contributed by atoms with E-state index in [0.717, 1.165) is 11.1 Å². The fourth-order valence-corrected chi connectivity index (χ4v) is 2.54. The van der Waals surface area contributed by atoms with Gasteiger partial charge in [-0.2, -0.15) is 0 Å². The smallest absolute Gasteiger partial charge is 0.303 e. The van der Waals surface area contributed by atoms with Crippen molar-refractivity contribution in [2.24, 2.45) is 0 Å². The molecule has 3 heteroatoms. The summed E-state index contributed by atoms with van der Waals surface area (Å²) < 4.78 is 0. The van der Waals surface area contributed by atoms with Gasteiger partial charge in [0.2, 0.25) is 0 Å². The minimum absolute atomic E-state index is 0.0485. The highest BCUT2D eigenvalue weighted by Crippen LogP contribution is 2.28. The summed E-state index contributed by atoms with van der Waals surface area (Å²) in [4.78, 5) is 11.9. The van der Waals surface area contributed by atoms with Crippen molar-refractivity contribution in [3.63, 3.8) is 0 Å². The Bertz CT molecular complexity index is 503. The predicted octanol–water partition coefficient (Wildman–Crippen LogP) is 3.99. The molecule has 17 heavy (non-hydrogen) atoms. The Morgan fingerprint density at radius 3 is 2.82 bits per heavy atom. The molecule has 1 N–H and O–H groups in total. The maximum absolute atomic E-state index is 10.7. The van der Waals surface area contributed by atoms with E-state index < -0.39 is 5.97 Å². The van der Waals surface area contributed by atoms with Crippen LogP contribution in [-0.2, 0) is 4.79 Å². The quantitative estimate of drug-likeness (QED) is 0.885. The van der Waals surface area contributed by atoms with E-state index in [1.165, 1.54) is 4.88 Å². The molecule has 1 atom stereocenters. The Hall–Kier alpha value is -1.61. The van der Waals surface area contributed by atoms with E-state index in [1.807, 2.05) is 30.5 Å². The lowest BCUT2D eigenvalue weighted by Gasteiger charge is -2.10. The van der Waals surface area contributed by atoms with Gasteiger partial charge in [-0.05, 0) is 28.5 Å². The van der Waals surface area contributed by atoms with Crippen molar-refractivity contribution in [1.29, 1.82) is 0 Å². The van der Waals surface area contributed by atoms with Crippen molar-refractivity contribution >= 4 is 17.3 Å². The van der Waals surface area contributed by atoms with Crippen LogP contribution in [0.4, 0.5) is 0 Å². The molecule has 88 valence electrons. The first-order valence-electron chi connectivity index (χ1n) is 5.52. The van der Waals surface area contributed by atoms with Crippen LogP contribution in [0.5, 0.6) is 0 Å². The molecule has 0 radical (unpaired) electrons. The van der Waals surface area contributed by atoms with Gasteiger partial charge in [-0.25, -0.2) is 0 Å². The van der Waals surface area contributed by atoms with E-state index in [1.54, 1.807) is 11.3 Å². The number of benzene rings is 1. The molecule has 0 aliphatic carbocycles. The molecular weight excluding hydrogens is 232 g/mol. The third-order valence-corrected chi connectivity index (χ3v) is 3.66. The number of aliphatic carboxylic acids is 1. The summed E-state index contributed by atoms with van der Waals surface area (Å²) in [7, 11) is 0. The van der Waals surface area contributed by atoms with Crippen LogP contribution in [-0.4, -0.2) is 11.1 Å². The molecule has 1 unspecified atom stereocenters. The molecule has 1 heterocycles. The molecular formula is C14H14O2S. The van der Waals surface area contributed by atoms with Crippen LogP contribution in [0.15, 0.2) is 41.8 Å². The van der Waals surface area contributed by atoms with E-state index in [-0.39, 0.29) is 12.3 Å². The van der Waals surface area contributed by atoms with Gasteiger partial charge in [-0.1, -0.05) is 37.3 Å². The summed E-state index contributed by atoms with van der Waals surface area (Å²) in [5.74, 6) is -0.702. The standard InChI is InChI=1S/C14H14O2S/c1-10(8-14(15)16)11-4-2-5-12(9-11)13-6-3-7-17-13/h2-7,9-10H,8H2,1H3,(H,15,16). The third kappa shape index (κ3) is 2.94. The Morgan fingerprint density at radius 2 is 2.18 bits per heavy atom. The molecule has 0 aliphatic rings. The minimum atomic E-state index is -0.751. The highest BCUT2D eigenvalue weighted by Gasteiger charge is 2.10. The summed E-state index contributed by atoms with van der Waals surface area (Å²) >= 11 is 1.69. The molecule has 2 aromatic rings. The van der Waals surface area contributed by atoms with Gasteiger partial charge in [0.1, 0.15) is 0 Å². The number of carboxylic acid groups (broad SMARTS) is 1. The lowest BCUT2D eigenvalue weighted by Crippen LogP contribution is -2.02. The van der Waals surface area contributed by atoms with Crippen molar-refractivity contribution in [2.45, 2.75) is 19.3 Å². The second kappa shape index (κ2) is 5.15. The van der Waals surface area contributed by atoms with Gasteiger partial charge in [0.25, 0.3) is 0 Å². The zero-order valence-electron chi connectivity index (χ0n) is 9.59. The van der Waals surface area contributed by atoms with Crippen molar-refractivity contribution < 1.29 is 9.90 Å². The highest BCUT2D eigenvalue weighted by atomic mass is 32.1. The SMILES string of the molecule is CC(CC(=O)O)c1cccc(-c2cccs2)c1. The first-order chi connectivity index (χ1) is 8.16. The van der Waals surface area contributed by atoms with Crippen molar-refractivity contribution in [3.8, 4) is 10.4 Å². The second-order valence-corrected chi connectivity index (χ2v) is 5.05. The van der Waals surface area contributed by atoms with Crippen LogP contribution in [0.1, 0.15) is 24.8 Å². The van der Waals surface area contributed by atoms with E-state index in [9.17, 15) is 4.79 Å². The molecule has 0 spiro atoms. The molecule has 0 saturated heterocycles. The third-order valence-electron chi connectivity index (χ3n) is 2.74. The first kappa shape index (κ1) is 11.9. The summed E-state index contributed by atoms with van der Waals surface area (Å²) in [5.41, 5.74) is 2.24. The fraction of sp³-hybridized carbons (Fsp3) is 0.214. The molecule has 2 nitrogen and oxygen atoms in total. The van der Waals surface area contributed by atoms with Gasteiger partial charge in [0, 0.05) is 4.88 Å². The lowest BCUT2D eigenvalue weighted by molar-refractivity contribution is -0.137. The van der Waals surface area contributed by atoms with E-state index in [4.69, 9.17) is 5.11 Å². The maximum Gasteiger partial charge on any atom is 0.303 e. The molecule has 1 aromatic heterocycles. The van der Waals surface area contributed by atoms with Crippen LogP contribution in [0.3, 0.4) is 0 Å². The minimum Gasteiger partial charge on any atom is -0.481 e. The zero-order valence-corrected chi connectivity index (χ0v) is 10.4. The van der Waals surface area contributed by atoms with Gasteiger partial charge >= 0.3 is 5.97 Å². The fourth-order valence-electron chi connectivity index (χ4n) is 1.82. The molecule has 0 fully saturated rings. The van der Waals surface area contributed by atoms with Gasteiger partial charge in [-0.3, -0.25) is 4.79 Å². The Labute approximate surface area is 105 Å². The van der Waals surface area contributed by atoms with E-state index in [2.05, 4.69) is 18.2 Å². The normalized spacial score (nSPS) is 12.3. The number of hydrogen-bond donors (Lipinski definition) is 1. The molecule has 0 bridgehead atoms. The molecule has 2 rings (SSSR count). The van der Waals surface area contributed by atoms with Crippen LogP contribution < -0.4 is 0 Å². The average molecular weight is 246 g/mol. The predicted molar refractivity (Wildman–Crippen MR) is 70.4 cm³/mol. The summed E-state index contributed by atoms with van der Waals surface area (Å²) in [6.07, 6.45) is 0.174.